The highest BCUT2D eigenvalue weighted by atomic mass is 16.6. The average Bonchev–Trinajstić information content (AvgIpc) is 2.56. The summed E-state index contributed by atoms with van der Waals surface area (Å²) >= 11 is 0. The van der Waals surface area contributed by atoms with E-state index in [-0.39, 0.29) is 12.0 Å². The van der Waals surface area contributed by atoms with Crippen molar-refractivity contribution in [2.45, 2.75) is 31.8 Å². The number of hydrogen-bond donors (Lipinski definition) is 0. The monoisotopic (exact) mass is 288 g/mol. The van der Waals surface area contributed by atoms with Gasteiger partial charge in [-0.05, 0) is 32.4 Å². The molecule has 0 atom stereocenters. The molecule has 2 amide bonds. The maximum atomic E-state index is 12.6. The molecule has 1 fully saturated rings. The van der Waals surface area contributed by atoms with E-state index in [0.29, 0.717) is 13.1 Å². The third-order valence-corrected chi connectivity index (χ3v) is 4.07. The van der Waals surface area contributed by atoms with Gasteiger partial charge in [-0.1, -0.05) is 18.2 Å². The Hall–Kier alpha value is -2.04. The van der Waals surface area contributed by atoms with Crippen molar-refractivity contribution in [2.24, 2.45) is 0 Å². The van der Waals surface area contributed by atoms with Gasteiger partial charge in [-0.15, -0.1) is 0 Å². The van der Waals surface area contributed by atoms with Gasteiger partial charge < -0.3 is 14.5 Å². The largest absolute Gasteiger partial charge is 0.444 e. The number of hydrogen-bond acceptors (Lipinski definition) is 3. The van der Waals surface area contributed by atoms with Gasteiger partial charge in [-0.25, -0.2) is 4.79 Å². The lowest BCUT2D eigenvalue weighted by Gasteiger charge is -2.46. The number of likely N-dealkylation sites (N-methyl/N-ethyl adjacent to an activating group) is 1. The van der Waals surface area contributed by atoms with Gasteiger partial charge in [-0.3, -0.25) is 4.79 Å². The number of ether oxygens (including phenoxy) is 1. The van der Waals surface area contributed by atoms with Crippen molar-refractivity contribution in [3.8, 4) is 0 Å². The Labute approximate surface area is 124 Å². The summed E-state index contributed by atoms with van der Waals surface area (Å²) in [6, 6.07) is 7.77. The molecule has 3 rings (SSSR count). The predicted molar refractivity (Wildman–Crippen MR) is 79.3 cm³/mol. The summed E-state index contributed by atoms with van der Waals surface area (Å²) in [5.74, 6) is 0.0588. The third kappa shape index (κ3) is 1.99. The lowest BCUT2D eigenvalue weighted by Crippen LogP contribution is -2.65. The van der Waals surface area contributed by atoms with Crippen LogP contribution in [0, 0.1) is 0 Å². The van der Waals surface area contributed by atoms with Crippen molar-refractivity contribution >= 4 is 17.7 Å². The highest BCUT2D eigenvalue weighted by molar-refractivity contribution is 6.09. The smallest absolute Gasteiger partial charge is 0.410 e. The summed E-state index contributed by atoms with van der Waals surface area (Å²) in [7, 11) is 1.78. The van der Waals surface area contributed by atoms with Crippen molar-refractivity contribution in [1.29, 1.82) is 0 Å². The molecule has 5 nitrogen and oxygen atoms in total. The first kappa shape index (κ1) is 13.9. The third-order valence-electron chi connectivity index (χ3n) is 4.07. The first-order valence-corrected chi connectivity index (χ1v) is 7.10. The minimum atomic E-state index is -0.581. The maximum Gasteiger partial charge on any atom is 0.410 e. The predicted octanol–water partition coefficient (Wildman–Crippen LogP) is 2.15. The zero-order chi connectivity index (χ0) is 15.4. The fraction of sp³-hybridized carbons (Fsp3) is 0.500. The Morgan fingerprint density at radius 3 is 2.48 bits per heavy atom. The highest BCUT2D eigenvalue weighted by Gasteiger charge is 2.58. The van der Waals surface area contributed by atoms with Crippen molar-refractivity contribution in [1.82, 2.24) is 4.90 Å². The van der Waals surface area contributed by atoms with Gasteiger partial charge in [0.05, 0.1) is 0 Å². The first-order valence-electron chi connectivity index (χ1n) is 7.10. The molecule has 0 radical (unpaired) electrons. The van der Waals surface area contributed by atoms with Crippen LogP contribution in [0.25, 0.3) is 0 Å². The minimum absolute atomic E-state index is 0.0588. The van der Waals surface area contributed by atoms with E-state index < -0.39 is 11.0 Å². The van der Waals surface area contributed by atoms with Crippen LogP contribution < -0.4 is 4.90 Å². The molecule has 2 aliphatic heterocycles. The second kappa shape index (κ2) is 4.23. The number of anilines is 1. The van der Waals surface area contributed by atoms with Crippen LogP contribution in [0.2, 0.25) is 0 Å². The molecule has 0 aliphatic carbocycles. The molecule has 0 bridgehead atoms. The quantitative estimate of drug-likeness (QED) is 0.735. The lowest BCUT2D eigenvalue weighted by molar-refractivity contribution is -0.128. The van der Waals surface area contributed by atoms with Gasteiger partial charge in [0.2, 0.25) is 5.91 Å². The zero-order valence-electron chi connectivity index (χ0n) is 12.8. The zero-order valence-corrected chi connectivity index (χ0v) is 12.8. The highest BCUT2D eigenvalue weighted by Crippen LogP contribution is 2.46. The molecule has 0 saturated carbocycles. The number of fused-ring (bicyclic) bond motifs is 2. The van der Waals surface area contributed by atoms with E-state index in [9.17, 15) is 9.59 Å². The molecule has 0 unspecified atom stereocenters. The summed E-state index contributed by atoms with van der Waals surface area (Å²) in [4.78, 5) is 27.9. The van der Waals surface area contributed by atoms with Crippen LogP contribution in [0.4, 0.5) is 10.5 Å². The molecule has 1 spiro atoms. The molecule has 1 saturated heterocycles. The maximum absolute atomic E-state index is 12.6. The normalized spacial score (nSPS) is 19.5. The van der Waals surface area contributed by atoms with E-state index in [2.05, 4.69) is 0 Å². The van der Waals surface area contributed by atoms with Crippen molar-refractivity contribution in [3.63, 3.8) is 0 Å². The number of nitrogens with zero attached hydrogens (tertiary/aromatic N) is 2. The number of benzene rings is 1. The topological polar surface area (TPSA) is 49.9 Å². The fourth-order valence-corrected chi connectivity index (χ4v) is 3.08. The molecule has 5 heteroatoms. The molecule has 2 aliphatic rings. The number of carbonyl (C=O) groups is 2. The van der Waals surface area contributed by atoms with Crippen LogP contribution in [-0.4, -0.2) is 42.6 Å². The van der Waals surface area contributed by atoms with E-state index >= 15 is 0 Å². The summed E-state index contributed by atoms with van der Waals surface area (Å²) < 4.78 is 5.36. The van der Waals surface area contributed by atoms with E-state index in [1.54, 1.807) is 16.8 Å². The standard InChI is InChI=1S/C16H20N2O3/c1-15(2,3)21-14(20)18-9-16(10-18)11-7-5-6-8-12(11)17(4)13(16)19/h5-8H,9-10H2,1-4H3. The van der Waals surface area contributed by atoms with Crippen molar-refractivity contribution < 1.29 is 14.3 Å². The van der Waals surface area contributed by atoms with Gasteiger partial charge in [0, 0.05) is 25.8 Å². The first-order chi connectivity index (χ1) is 9.74. The van der Waals surface area contributed by atoms with Crippen molar-refractivity contribution in [3.05, 3.63) is 29.8 Å². The van der Waals surface area contributed by atoms with Crippen LogP contribution in [0.1, 0.15) is 26.3 Å². The second-order valence-corrected chi connectivity index (χ2v) is 6.80. The summed E-state index contributed by atoms with van der Waals surface area (Å²) in [5, 5.41) is 0. The molecule has 0 aromatic heterocycles. The van der Waals surface area contributed by atoms with Crippen LogP contribution >= 0.6 is 0 Å². The summed E-state index contributed by atoms with van der Waals surface area (Å²) in [6.07, 6.45) is -0.354. The number of rotatable bonds is 0. The minimum Gasteiger partial charge on any atom is -0.444 e. The number of amides is 2. The Morgan fingerprint density at radius 2 is 1.86 bits per heavy atom. The number of likely N-dealkylation sites (tertiary alicyclic amines) is 1. The molecule has 2 heterocycles. The van der Waals surface area contributed by atoms with Gasteiger partial charge in [0.25, 0.3) is 0 Å². The number of para-hydroxylation sites is 1. The Bertz CT molecular complexity index is 612. The summed E-state index contributed by atoms with van der Waals surface area (Å²) in [6.45, 7) is 6.29. The van der Waals surface area contributed by atoms with Crippen LogP contribution in [-0.2, 0) is 14.9 Å². The summed E-state index contributed by atoms with van der Waals surface area (Å²) in [5.41, 5.74) is 0.847. The van der Waals surface area contributed by atoms with E-state index in [1.165, 1.54) is 0 Å². The van der Waals surface area contributed by atoms with Crippen LogP contribution in [0.15, 0.2) is 24.3 Å². The van der Waals surface area contributed by atoms with Crippen molar-refractivity contribution in [2.75, 3.05) is 25.0 Å². The van der Waals surface area contributed by atoms with Gasteiger partial charge in [0.1, 0.15) is 11.0 Å². The van der Waals surface area contributed by atoms with E-state index in [1.807, 2.05) is 45.0 Å². The Balaban J connectivity index is 1.81. The Kier molecular flexibility index (Phi) is 2.80. The Morgan fingerprint density at radius 1 is 1.24 bits per heavy atom. The molecule has 112 valence electrons. The van der Waals surface area contributed by atoms with Gasteiger partial charge in [0.15, 0.2) is 0 Å². The number of carbonyl (C=O) groups excluding carboxylic acids is 2. The fourth-order valence-electron chi connectivity index (χ4n) is 3.08. The van der Waals surface area contributed by atoms with E-state index in [0.717, 1.165) is 11.3 Å². The molecular formula is C16H20N2O3. The van der Waals surface area contributed by atoms with Crippen LogP contribution in [0.5, 0.6) is 0 Å². The van der Waals surface area contributed by atoms with Gasteiger partial charge >= 0.3 is 6.09 Å². The second-order valence-electron chi connectivity index (χ2n) is 6.80. The SMILES string of the molecule is CN1C(=O)C2(CN(C(=O)OC(C)(C)C)C2)c2ccccc21. The molecule has 21 heavy (non-hydrogen) atoms. The molecular weight excluding hydrogens is 268 g/mol. The molecule has 1 aromatic rings. The van der Waals surface area contributed by atoms with Gasteiger partial charge in [-0.2, -0.15) is 0 Å². The molecule has 0 N–H and O–H groups in total. The van der Waals surface area contributed by atoms with E-state index in [4.69, 9.17) is 4.74 Å². The molecule has 1 aromatic carbocycles. The van der Waals surface area contributed by atoms with Crippen LogP contribution in [0.3, 0.4) is 0 Å². The lowest BCUT2D eigenvalue weighted by atomic mass is 9.75. The average molecular weight is 288 g/mol.